The minimum atomic E-state index is -2.23. The number of ether oxygens (including phenoxy) is 5. The first-order valence-corrected chi connectivity index (χ1v) is 24.1. The van der Waals surface area contributed by atoms with Crippen LogP contribution in [0.4, 0.5) is 0 Å². The second kappa shape index (κ2) is 25.3. The van der Waals surface area contributed by atoms with Gasteiger partial charge < -0.3 is 49.0 Å². The number of fused-ring (bicyclic) bond motifs is 3. The first-order valence-electron chi connectivity index (χ1n) is 24.1. The van der Waals surface area contributed by atoms with Crippen LogP contribution in [0.1, 0.15) is 126 Å². The van der Waals surface area contributed by atoms with Crippen LogP contribution in [-0.2, 0) is 42.9 Å². The number of allylic oxidation sites excluding steroid dienone is 6. The van der Waals surface area contributed by atoms with E-state index in [4.69, 9.17) is 23.7 Å². The molecule has 4 N–H and O–H groups in total. The number of carbonyl (C=O) groups is 4. The highest BCUT2D eigenvalue weighted by Gasteiger charge is 2.53. The van der Waals surface area contributed by atoms with Gasteiger partial charge >= 0.3 is 5.97 Å². The van der Waals surface area contributed by atoms with Crippen molar-refractivity contribution in [3.05, 3.63) is 47.6 Å². The van der Waals surface area contributed by atoms with Crippen LogP contribution >= 0.6 is 0 Å². The number of carbonyl (C=O) groups excluding carboxylic acids is 4. The molecule has 65 heavy (non-hydrogen) atoms. The zero-order valence-electron chi connectivity index (χ0n) is 40.7. The van der Waals surface area contributed by atoms with Crippen LogP contribution in [-0.4, -0.2) is 137 Å². The molecule has 0 aromatic rings. The van der Waals surface area contributed by atoms with Crippen molar-refractivity contribution in [3.8, 4) is 0 Å². The van der Waals surface area contributed by atoms with E-state index in [9.17, 15) is 39.6 Å². The van der Waals surface area contributed by atoms with Gasteiger partial charge in [-0.1, -0.05) is 71.1 Å². The van der Waals surface area contributed by atoms with Crippen LogP contribution in [0.3, 0.4) is 0 Å². The third-order valence-corrected chi connectivity index (χ3v) is 14.7. The van der Waals surface area contributed by atoms with Crippen LogP contribution in [0.15, 0.2) is 47.6 Å². The first kappa shape index (κ1) is 54.5. The molecule has 14 heteroatoms. The molecule has 3 aliphatic heterocycles. The summed E-state index contributed by atoms with van der Waals surface area (Å²) in [5.41, 5.74) is 1.30. The van der Waals surface area contributed by atoms with Gasteiger partial charge in [-0.25, -0.2) is 4.79 Å². The van der Waals surface area contributed by atoms with Crippen LogP contribution in [0.5, 0.6) is 0 Å². The van der Waals surface area contributed by atoms with Crippen molar-refractivity contribution >= 4 is 23.4 Å². The Labute approximate surface area is 387 Å². The van der Waals surface area contributed by atoms with Crippen molar-refractivity contribution in [1.82, 2.24) is 4.90 Å². The average molecular weight is 916 g/mol. The molecule has 14 nitrogen and oxygen atoms in total. The summed E-state index contributed by atoms with van der Waals surface area (Å²) >= 11 is 0. The number of hydrogen-bond acceptors (Lipinski definition) is 13. The zero-order valence-corrected chi connectivity index (χ0v) is 40.7. The maximum absolute atomic E-state index is 14.4. The molecule has 2 bridgehead atoms. The number of Topliss-reactive ketones (excluding diaryl/α,β-unsaturated/α-hetero) is 2. The highest BCUT2D eigenvalue weighted by atomic mass is 16.6. The normalized spacial score (nSPS) is 41.5. The second-order valence-electron chi connectivity index (χ2n) is 19.8. The summed E-state index contributed by atoms with van der Waals surface area (Å²) in [7, 11) is 4.55. The van der Waals surface area contributed by atoms with Gasteiger partial charge in [-0.15, -0.1) is 0 Å². The predicted molar refractivity (Wildman–Crippen MR) is 246 cm³/mol. The third kappa shape index (κ3) is 14.5. The van der Waals surface area contributed by atoms with Gasteiger partial charge in [-0.2, -0.15) is 0 Å². The Morgan fingerprint density at radius 1 is 0.846 bits per heavy atom. The summed E-state index contributed by atoms with van der Waals surface area (Å²) in [5, 5.41) is 45.7. The van der Waals surface area contributed by atoms with Gasteiger partial charge in [0.2, 0.25) is 5.79 Å². The van der Waals surface area contributed by atoms with Crippen LogP contribution < -0.4 is 0 Å². The van der Waals surface area contributed by atoms with Gasteiger partial charge in [0.15, 0.2) is 11.9 Å². The SMILES string of the molecule is CO[C@H]1C[C@@H]2CC[C@@H](C)[C@@](O)(O2)C(O)C(=O)N2CCCC[C@H]2C(=O)O[C@H]([C@H](C)C[C@@H]2CC[C@@H](O)[C@H](OC)C2)CC(=O)[C@H](C)/C=C(\C)[C@@H](O)[C@@H](OC)C(=O)[C@H](C)C[C@H](C)/C=C/C=C/C=C/1C. The van der Waals surface area contributed by atoms with E-state index in [1.54, 1.807) is 41.1 Å². The molecule has 0 aromatic heterocycles. The molecule has 368 valence electrons. The Kier molecular flexibility index (Phi) is 21.3. The molecular formula is C51H81NO13. The molecule has 1 amide bonds. The molecule has 3 heterocycles. The van der Waals surface area contributed by atoms with Gasteiger partial charge in [-0.05, 0) is 107 Å². The van der Waals surface area contributed by atoms with Crippen LogP contribution in [0.2, 0.25) is 0 Å². The van der Waals surface area contributed by atoms with E-state index in [-0.39, 0.29) is 60.9 Å². The fourth-order valence-electron chi connectivity index (χ4n) is 10.3. The molecular weight excluding hydrogens is 835 g/mol. The number of aliphatic hydroxyl groups excluding tert-OH is 3. The molecule has 1 unspecified atom stereocenters. The molecule has 0 radical (unpaired) electrons. The summed E-state index contributed by atoms with van der Waals surface area (Å²) in [6, 6.07) is -1.08. The molecule has 4 aliphatic rings. The van der Waals surface area contributed by atoms with Gasteiger partial charge in [0, 0.05) is 58.5 Å². The average Bonchev–Trinajstić information content (AvgIpc) is 3.28. The highest BCUT2D eigenvalue weighted by molar-refractivity contribution is 5.89. The molecule has 2 saturated heterocycles. The summed E-state index contributed by atoms with van der Waals surface area (Å²) in [6.45, 7) is 12.9. The molecule has 4 rings (SSSR count). The van der Waals surface area contributed by atoms with Crippen molar-refractivity contribution < 1.29 is 63.3 Å². The van der Waals surface area contributed by atoms with Crippen LogP contribution in [0, 0.1) is 35.5 Å². The van der Waals surface area contributed by atoms with E-state index in [0.29, 0.717) is 63.4 Å². The zero-order chi connectivity index (χ0) is 48.2. The van der Waals surface area contributed by atoms with Crippen molar-refractivity contribution in [1.29, 1.82) is 0 Å². The number of esters is 1. The summed E-state index contributed by atoms with van der Waals surface area (Å²) in [6.07, 6.45) is 9.72. The molecule has 1 aliphatic carbocycles. The Balaban J connectivity index is 1.70. The molecule has 1 saturated carbocycles. The van der Waals surface area contributed by atoms with Crippen molar-refractivity contribution in [3.63, 3.8) is 0 Å². The molecule has 0 aromatic carbocycles. The summed E-state index contributed by atoms with van der Waals surface area (Å²) in [5.74, 6) is -6.22. The standard InChI is InChI=1S/C51H81NO13/c1-30-16-12-11-13-17-31(2)42(61-8)28-38-21-19-36(7)51(60,65-38)48(57)49(58)52-23-15-14-18-39(52)50(59)64-43(33(4)26-37-20-22-40(53)44(27-37)62-9)29-41(54)32(3)25-35(6)46(56)47(63-10)45(55)34(5)24-30/h11-13,16-17,25,30,32-34,36-40,42-44,46-48,53,56-57,60H,14-15,18-24,26-29H2,1-10H3/b13-11+,16-12+,31-17+,35-25+/t30-,32-,33-,34-,36-,37+,38+,39+,40-,42+,43+,44-,46-,47+,48?,51-/m1/s1. The molecule has 16 atom stereocenters. The number of ketones is 2. The predicted octanol–water partition coefficient (Wildman–Crippen LogP) is 5.97. The minimum absolute atomic E-state index is 0.0264. The maximum Gasteiger partial charge on any atom is 0.329 e. The Hall–Kier alpha value is -3.08. The largest absolute Gasteiger partial charge is 0.460 e. The van der Waals surface area contributed by atoms with E-state index in [0.717, 1.165) is 12.0 Å². The maximum atomic E-state index is 14.4. The topological polar surface area (TPSA) is 199 Å². The van der Waals surface area contributed by atoms with E-state index in [2.05, 4.69) is 0 Å². The van der Waals surface area contributed by atoms with Gasteiger partial charge in [0.05, 0.1) is 24.4 Å². The lowest BCUT2D eigenvalue weighted by Gasteiger charge is -2.46. The second-order valence-corrected chi connectivity index (χ2v) is 19.8. The highest BCUT2D eigenvalue weighted by Crippen LogP contribution is 2.39. The number of methoxy groups -OCH3 is 3. The number of aliphatic hydroxyl groups is 4. The van der Waals surface area contributed by atoms with Gasteiger partial charge in [-0.3, -0.25) is 14.4 Å². The van der Waals surface area contributed by atoms with E-state index in [1.165, 1.54) is 12.0 Å². The third-order valence-electron chi connectivity index (χ3n) is 14.7. The van der Waals surface area contributed by atoms with Crippen molar-refractivity contribution in [2.45, 2.75) is 186 Å². The summed E-state index contributed by atoms with van der Waals surface area (Å²) in [4.78, 5) is 57.8. The lowest BCUT2D eigenvalue weighted by molar-refractivity contribution is -0.317. The number of rotatable bonds is 6. The number of piperidine rings is 1. The summed E-state index contributed by atoms with van der Waals surface area (Å²) < 4.78 is 29.5. The Morgan fingerprint density at radius 2 is 1.57 bits per heavy atom. The Bertz CT molecular complexity index is 1710. The fraction of sp³-hybridized carbons (Fsp3) is 0.765. The number of hydrogen-bond donors (Lipinski definition) is 4. The minimum Gasteiger partial charge on any atom is -0.460 e. The monoisotopic (exact) mass is 916 g/mol. The van der Waals surface area contributed by atoms with Crippen molar-refractivity contribution in [2.24, 2.45) is 35.5 Å². The van der Waals surface area contributed by atoms with E-state index >= 15 is 0 Å². The van der Waals surface area contributed by atoms with E-state index < -0.39 is 78.1 Å². The van der Waals surface area contributed by atoms with Gasteiger partial charge in [0.1, 0.15) is 30.1 Å². The molecule has 3 fully saturated rings. The number of cyclic esters (lactones) is 1. The number of nitrogens with zero attached hydrogens (tertiary/aromatic N) is 1. The van der Waals surface area contributed by atoms with Crippen molar-refractivity contribution in [2.75, 3.05) is 27.9 Å². The fourth-order valence-corrected chi connectivity index (χ4v) is 10.3. The molecule has 0 spiro atoms. The van der Waals surface area contributed by atoms with E-state index in [1.807, 2.05) is 58.1 Å². The Morgan fingerprint density at radius 3 is 2.25 bits per heavy atom. The lowest BCUT2D eigenvalue weighted by atomic mass is 9.78. The van der Waals surface area contributed by atoms with Crippen LogP contribution in [0.25, 0.3) is 0 Å². The number of amides is 1. The van der Waals surface area contributed by atoms with Gasteiger partial charge in [0.25, 0.3) is 5.91 Å². The first-order chi connectivity index (χ1) is 30.7. The quantitative estimate of drug-likeness (QED) is 0.180. The smallest absolute Gasteiger partial charge is 0.329 e. The lowest BCUT2D eigenvalue weighted by Crippen LogP contribution is -2.63.